The lowest BCUT2D eigenvalue weighted by atomic mass is 10.1. The zero-order valence-electron chi connectivity index (χ0n) is 10.5. The van der Waals surface area contributed by atoms with E-state index in [1.807, 2.05) is 0 Å². The highest BCUT2D eigenvalue weighted by atomic mass is 35.5. The van der Waals surface area contributed by atoms with Crippen LogP contribution in [-0.4, -0.2) is 18.1 Å². The summed E-state index contributed by atoms with van der Waals surface area (Å²) in [5.74, 6) is 1.63. The van der Waals surface area contributed by atoms with Crippen molar-refractivity contribution < 1.29 is 0 Å². The highest BCUT2D eigenvalue weighted by molar-refractivity contribution is 6.37. The van der Waals surface area contributed by atoms with Gasteiger partial charge in [-0.15, -0.1) is 0 Å². The standard InChI is InChI=1S/C12H19Cl2N3/c1-4-8(3)7-17(5-2)12-10(14)6-9(13)11(15)16-12/h6,8H,4-5,7H2,1-3H3,(H2,15,16). The number of rotatable bonds is 5. The van der Waals surface area contributed by atoms with Crippen molar-refractivity contribution in [1.82, 2.24) is 4.98 Å². The Hall–Kier alpha value is -0.670. The van der Waals surface area contributed by atoms with Gasteiger partial charge in [0.15, 0.2) is 0 Å². The summed E-state index contributed by atoms with van der Waals surface area (Å²) in [6, 6.07) is 1.65. The van der Waals surface area contributed by atoms with Crippen LogP contribution in [-0.2, 0) is 0 Å². The number of nitrogens with zero attached hydrogens (tertiary/aromatic N) is 2. The summed E-state index contributed by atoms with van der Waals surface area (Å²) in [5, 5.41) is 0.952. The molecular weight excluding hydrogens is 257 g/mol. The monoisotopic (exact) mass is 275 g/mol. The number of pyridine rings is 1. The third-order valence-electron chi connectivity index (χ3n) is 2.85. The lowest BCUT2D eigenvalue weighted by Crippen LogP contribution is -2.29. The molecule has 0 radical (unpaired) electrons. The first-order valence-corrected chi connectivity index (χ1v) is 6.61. The van der Waals surface area contributed by atoms with E-state index in [1.165, 1.54) is 0 Å². The van der Waals surface area contributed by atoms with E-state index in [2.05, 4.69) is 30.7 Å². The predicted molar refractivity (Wildman–Crippen MR) is 76.0 cm³/mol. The lowest BCUT2D eigenvalue weighted by Gasteiger charge is -2.26. The zero-order chi connectivity index (χ0) is 13.0. The molecule has 0 aliphatic heterocycles. The molecule has 0 aliphatic rings. The first kappa shape index (κ1) is 14.4. The molecule has 0 bridgehead atoms. The minimum Gasteiger partial charge on any atom is -0.382 e. The van der Waals surface area contributed by atoms with Crippen LogP contribution >= 0.6 is 23.2 Å². The third-order valence-corrected chi connectivity index (χ3v) is 3.43. The third kappa shape index (κ3) is 3.65. The molecule has 0 saturated carbocycles. The highest BCUT2D eigenvalue weighted by Gasteiger charge is 2.15. The second-order valence-corrected chi connectivity index (χ2v) is 5.03. The average Bonchev–Trinajstić information content (AvgIpc) is 2.30. The molecule has 2 N–H and O–H groups in total. The number of anilines is 2. The summed E-state index contributed by atoms with van der Waals surface area (Å²) in [7, 11) is 0. The Morgan fingerprint density at radius 2 is 2.00 bits per heavy atom. The fourth-order valence-electron chi connectivity index (χ4n) is 1.56. The van der Waals surface area contributed by atoms with E-state index in [4.69, 9.17) is 28.9 Å². The van der Waals surface area contributed by atoms with Gasteiger partial charge in [-0.3, -0.25) is 0 Å². The molecule has 5 heteroatoms. The summed E-state index contributed by atoms with van der Waals surface area (Å²) in [6.45, 7) is 8.21. The SMILES string of the molecule is CCC(C)CN(CC)c1nc(N)c(Cl)cc1Cl. The van der Waals surface area contributed by atoms with Crippen molar-refractivity contribution in [1.29, 1.82) is 0 Å². The maximum atomic E-state index is 6.16. The van der Waals surface area contributed by atoms with Gasteiger partial charge in [0.25, 0.3) is 0 Å². The number of halogens is 2. The minimum absolute atomic E-state index is 0.327. The first-order chi connectivity index (χ1) is 7.99. The van der Waals surface area contributed by atoms with Gasteiger partial charge in [-0.25, -0.2) is 4.98 Å². The molecule has 1 aromatic rings. The van der Waals surface area contributed by atoms with Gasteiger partial charge >= 0.3 is 0 Å². The fraction of sp³-hybridized carbons (Fsp3) is 0.583. The number of nitrogens with two attached hydrogens (primary N) is 1. The van der Waals surface area contributed by atoms with Gasteiger partial charge < -0.3 is 10.6 Å². The van der Waals surface area contributed by atoms with Crippen LogP contribution in [0.5, 0.6) is 0 Å². The van der Waals surface area contributed by atoms with Crippen LogP contribution < -0.4 is 10.6 Å². The van der Waals surface area contributed by atoms with Crippen molar-refractivity contribution in [2.45, 2.75) is 27.2 Å². The predicted octanol–water partition coefficient (Wildman–Crippen LogP) is 3.84. The van der Waals surface area contributed by atoms with Crippen LogP contribution in [0.25, 0.3) is 0 Å². The molecule has 96 valence electrons. The van der Waals surface area contributed by atoms with Crippen LogP contribution in [0.15, 0.2) is 6.07 Å². The Labute approximate surface area is 113 Å². The van der Waals surface area contributed by atoms with Crippen LogP contribution in [0.2, 0.25) is 10.0 Å². The number of hydrogen-bond donors (Lipinski definition) is 1. The molecule has 1 atom stereocenters. The van der Waals surface area contributed by atoms with E-state index in [1.54, 1.807) is 6.07 Å². The van der Waals surface area contributed by atoms with E-state index in [9.17, 15) is 0 Å². The Morgan fingerprint density at radius 1 is 1.35 bits per heavy atom. The molecule has 17 heavy (non-hydrogen) atoms. The first-order valence-electron chi connectivity index (χ1n) is 5.86. The molecule has 0 aromatic carbocycles. The molecule has 1 aromatic heterocycles. The molecule has 1 unspecified atom stereocenters. The van der Waals surface area contributed by atoms with Crippen molar-refractivity contribution in [3.05, 3.63) is 16.1 Å². The number of aromatic nitrogens is 1. The smallest absolute Gasteiger partial charge is 0.149 e. The minimum atomic E-state index is 0.327. The average molecular weight is 276 g/mol. The number of hydrogen-bond acceptors (Lipinski definition) is 3. The molecule has 0 saturated heterocycles. The topological polar surface area (TPSA) is 42.2 Å². The van der Waals surface area contributed by atoms with Crippen molar-refractivity contribution in [2.24, 2.45) is 5.92 Å². The highest BCUT2D eigenvalue weighted by Crippen LogP contribution is 2.30. The van der Waals surface area contributed by atoms with Crippen LogP contribution in [0, 0.1) is 5.92 Å². The Balaban J connectivity index is 2.99. The molecule has 3 nitrogen and oxygen atoms in total. The van der Waals surface area contributed by atoms with Crippen molar-refractivity contribution in [3.8, 4) is 0 Å². The normalized spacial score (nSPS) is 12.5. The maximum absolute atomic E-state index is 6.16. The van der Waals surface area contributed by atoms with Crippen molar-refractivity contribution in [2.75, 3.05) is 23.7 Å². The molecule has 1 rings (SSSR count). The van der Waals surface area contributed by atoms with Gasteiger partial charge in [-0.1, -0.05) is 43.5 Å². The van der Waals surface area contributed by atoms with Gasteiger partial charge in [0.2, 0.25) is 0 Å². The Morgan fingerprint density at radius 3 is 2.53 bits per heavy atom. The largest absolute Gasteiger partial charge is 0.382 e. The lowest BCUT2D eigenvalue weighted by molar-refractivity contribution is 0.545. The van der Waals surface area contributed by atoms with E-state index in [0.29, 0.717) is 21.8 Å². The van der Waals surface area contributed by atoms with Gasteiger partial charge in [0.05, 0.1) is 10.0 Å². The summed E-state index contributed by atoms with van der Waals surface area (Å²) in [6.07, 6.45) is 1.12. The van der Waals surface area contributed by atoms with E-state index in [0.717, 1.165) is 25.3 Å². The second kappa shape index (κ2) is 6.31. The van der Waals surface area contributed by atoms with Crippen molar-refractivity contribution >= 4 is 34.8 Å². The van der Waals surface area contributed by atoms with Gasteiger partial charge in [-0.2, -0.15) is 0 Å². The molecular formula is C12H19Cl2N3. The summed E-state index contributed by atoms with van der Waals surface area (Å²) >= 11 is 12.0. The van der Waals surface area contributed by atoms with Gasteiger partial charge in [0, 0.05) is 13.1 Å². The van der Waals surface area contributed by atoms with Crippen LogP contribution in [0.4, 0.5) is 11.6 Å². The fourth-order valence-corrected chi connectivity index (χ4v) is 2.04. The molecule has 0 fully saturated rings. The molecule has 1 heterocycles. The zero-order valence-corrected chi connectivity index (χ0v) is 12.0. The molecule has 0 amide bonds. The molecule has 0 spiro atoms. The van der Waals surface area contributed by atoms with E-state index < -0.39 is 0 Å². The summed E-state index contributed by atoms with van der Waals surface area (Å²) in [5.41, 5.74) is 5.72. The van der Waals surface area contributed by atoms with Gasteiger partial charge in [0.1, 0.15) is 11.6 Å². The van der Waals surface area contributed by atoms with E-state index >= 15 is 0 Å². The number of nitrogen functional groups attached to an aromatic ring is 1. The summed E-state index contributed by atoms with van der Waals surface area (Å²) < 4.78 is 0. The quantitative estimate of drug-likeness (QED) is 0.888. The van der Waals surface area contributed by atoms with Gasteiger partial charge in [-0.05, 0) is 18.9 Å². The van der Waals surface area contributed by atoms with Crippen LogP contribution in [0.1, 0.15) is 27.2 Å². The maximum Gasteiger partial charge on any atom is 0.149 e. The Bertz CT molecular complexity index is 382. The van der Waals surface area contributed by atoms with E-state index in [-0.39, 0.29) is 0 Å². The molecule has 0 aliphatic carbocycles. The summed E-state index contributed by atoms with van der Waals surface area (Å²) in [4.78, 5) is 6.40. The second-order valence-electron chi connectivity index (χ2n) is 4.21. The van der Waals surface area contributed by atoms with Crippen molar-refractivity contribution in [3.63, 3.8) is 0 Å². The van der Waals surface area contributed by atoms with Crippen LogP contribution in [0.3, 0.4) is 0 Å². The Kier molecular flexibility index (Phi) is 5.34.